The van der Waals surface area contributed by atoms with Crippen molar-refractivity contribution in [2.24, 2.45) is 0 Å². The average molecular weight is 331 g/mol. The molecule has 6 heteroatoms. The molecule has 0 N–H and O–H groups in total. The van der Waals surface area contributed by atoms with E-state index in [9.17, 15) is 4.79 Å². The van der Waals surface area contributed by atoms with E-state index in [0.29, 0.717) is 5.03 Å². The summed E-state index contributed by atoms with van der Waals surface area (Å²) in [5, 5.41) is 4.25. The summed E-state index contributed by atoms with van der Waals surface area (Å²) in [7, 11) is 0. The van der Waals surface area contributed by atoms with E-state index in [0.717, 1.165) is 3.57 Å². The van der Waals surface area contributed by atoms with Gasteiger partial charge in [-0.1, -0.05) is 23.2 Å². The Kier molecular flexibility index (Phi) is 4.21. The van der Waals surface area contributed by atoms with E-state index >= 15 is 0 Å². The summed E-state index contributed by atoms with van der Waals surface area (Å²) in [6.45, 7) is 0.209. The number of rotatable bonds is 2. The molecule has 1 aromatic rings. The molecule has 0 aliphatic rings. The van der Waals surface area contributed by atoms with Gasteiger partial charge in [-0.05, 0) is 22.6 Å². The quantitative estimate of drug-likeness (QED) is 0.779. The highest BCUT2D eigenvalue weighted by Gasteiger charge is 1.99. The van der Waals surface area contributed by atoms with Gasteiger partial charge in [0.1, 0.15) is 0 Å². The lowest BCUT2D eigenvalue weighted by molar-refractivity contribution is 0.643. The van der Waals surface area contributed by atoms with Crippen LogP contribution < -0.4 is 5.56 Å². The Morgan fingerprint density at radius 2 is 2.46 bits per heavy atom. The van der Waals surface area contributed by atoms with E-state index in [2.05, 4.69) is 5.10 Å². The summed E-state index contributed by atoms with van der Waals surface area (Å²) in [6.07, 6.45) is 1.58. The molecule has 0 spiro atoms. The molecule has 0 aliphatic carbocycles. The Balaban J connectivity index is 2.97. The highest BCUT2D eigenvalue weighted by Crippen LogP contribution is 2.04. The Morgan fingerprint density at radius 3 is 3.00 bits per heavy atom. The van der Waals surface area contributed by atoms with Crippen LogP contribution in [0.25, 0.3) is 0 Å². The summed E-state index contributed by atoms with van der Waals surface area (Å²) >= 11 is 13.0. The Morgan fingerprint density at radius 1 is 1.77 bits per heavy atom. The van der Waals surface area contributed by atoms with Crippen LogP contribution in [0.4, 0.5) is 0 Å². The van der Waals surface area contributed by atoms with Crippen molar-refractivity contribution in [2.45, 2.75) is 6.54 Å². The molecule has 0 fully saturated rings. The van der Waals surface area contributed by atoms with Gasteiger partial charge in [0, 0.05) is 15.2 Å². The van der Waals surface area contributed by atoms with Crippen molar-refractivity contribution in [3.63, 3.8) is 0 Å². The van der Waals surface area contributed by atoms with E-state index in [1.807, 2.05) is 22.6 Å². The van der Waals surface area contributed by atoms with Gasteiger partial charge >= 0.3 is 0 Å². The van der Waals surface area contributed by atoms with Crippen molar-refractivity contribution in [1.82, 2.24) is 9.78 Å². The van der Waals surface area contributed by atoms with Crippen LogP contribution >= 0.6 is 45.8 Å². The largest absolute Gasteiger partial charge is 0.268 e. The third kappa shape index (κ3) is 3.28. The zero-order chi connectivity index (χ0) is 9.84. The maximum absolute atomic E-state index is 11.3. The van der Waals surface area contributed by atoms with Crippen molar-refractivity contribution < 1.29 is 0 Å². The second-order valence-electron chi connectivity index (χ2n) is 2.23. The van der Waals surface area contributed by atoms with Crippen molar-refractivity contribution in [2.75, 3.05) is 0 Å². The zero-order valence-corrected chi connectivity index (χ0v) is 10.0. The number of nitrogens with zero attached hydrogens (tertiary/aromatic N) is 2. The molecule has 13 heavy (non-hydrogen) atoms. The lowest BCUT2D eigenvalue weighted by Gasteiger charge is -2.01. The van der Waals surface area contributed by atoms with Crippen molar-refractivity contribution in [3.05, 3.63) is 36.8 Å². The van der Waals surface area contributed by atoms with Gasteiger partial charge in [0.05, 0.1) is 17.8 Å². The first-order valence-corrected chi connectivity index (χ1v) is 5.20. The molecule has 0 bridgehead atoms. The third-order valence-electron chi connectivity index (χ3n) is 1.26. The topological polar surface area (TPSA) is 34.9 Å². The summed E-state index contributed by atoms with van der Waals surface area (Å²) in [5.74, 6) is 0. The van der Waals surface area contributed by atoms with Crippen LogP contribution in [0.3, 0.4) is 0 Å². The smallest absolute Gasteiger partial charge is 0.268 e. The van der Waals surface area contributed by atoms with Crippen LogP contribution in [0.2, 0.25) is 0 Å². The number of hydrogen-bond acceptors (Lipinski definition) is 2. The SMILES string of the molecule is O=c1cc(I)cnn1C/C(Cl)=C\Cl. The molecular weight excluding hydrogens is 326 g/mol. The van der Waals surface area contributed by atoms with Crippen molar-refractivity contribution in [1.29, 1.82) is 0 Å². The molecule has 0 atom stereocenters. The van der Waals surface area contributed by atoms with Crippen molar-refractivity contribution in [3.8, 4) is 0 Å². The van der Waals surface area contributed by atoms with Crippen LogP contribution in [0.5, 0.6) is 0 Å². The molecule has 1 aromatic heterocycles. The summed E-state index contributed by atoms with van der Waals surface area (Å²) < 4.78 is 2.04. The van der Waals surface area contributed by atoms with Gasteiger partial charge in [-0.15, -0.1) is 0 Å². The number of aromatic nitrogens is 2. The maximum atomic E-state index is 11.3. The number of halogens is 3. The van der Waals surface area contributed by atoms with Crippen molar-refractivity contribution >= 4 is 45.8 Å². The van der Waals surface area contributed by atoms with Crippen LogP contribution in [0, 0.1) is 3.57 Å². The lowest BCUT2D eigenvalue weighted by Crippen LogP contribution is -2.22. The summed E-state index contributed by atoms with van der Waals surface area (Å²) in [4.78, 5) is 11.3. The van der Waals surface area contributed by atoms with E-state index in [1.54, 1.807) is 6.20 Å². The Labute approximate surface area is 98.5 Å². The minimum absolute atomic E-state index is 0.191. The van der Waals surface area contributed by atoms with E-state index in [1.165, 1.54) is 16.3 Å². The van der Waals surface area contributed by atoms with Gasteiger partial charge in [-0.2, -0.15) is 5.10 Å². The second kappa shape index (κ2) is 4.97. The standard InChI is InChI=1S/C7H5Cl2IN2O/c8-2-5(9)4-12-7(13)1-6(10)3-11-12/h1-3H,4H2/b5-2+. The molecule has 0 saturated heterocycles. The number of hydrogen-bond donors (Lipinski definition) is 0. The van der Waals surface area contributed by atoms with Gasteiger partial charge < -0.3 is 0 Å². The molecule has 0 aliphatic heterocycles. The summed E-state index contributed by atoms with van der Waals surface area (Å²) in [5.41, 5.74) is 1.02. The first-order valence-electron chi connectivity index (χ1n) is 3.31. The maximum Gasteiger partial charge on any atom is 0.268 e. The van der Waals surface area contributed by atoms with Crippen LogP contribution in [0.15, 0.2) is 27.6 Å². The van der Waals surface area contributed by atoms with E-state index in [4.69, 9.17) is 23.2 Å². The molecule has 1 rings (SSSR count). The molecule has 3 nitrogen and oxygen atoms in total. The zero-order valence-electron chi connectivity index (χ0n) is 6.38. The molecular formula is C7H5Cl2IN2O. The molecule has 0 amide bonds. The number of allylic oxidation sites excluding steroid dienone is 1. The normalized spacial score (nSPS) is 11.8. The van der Waals surface area contributed by atoms with Gasteiger partial charge in [0.2, 0.25) is 0 Å². The van der Waals surface area contributed by atoms with Gasteiger partial charge in [-0.25, -0.2) is 4.68 Å². The highest BCUT2D eigenvalue weighted by molar-refractivity contribution is 14.1. The fourth-order valence-electron chi connectivity index (χ4n) is 0.708. The first kappa shape index (κ1) is 11.0. The van der Waals surface area contributed by atoms with E-state index < -0.39 is 0 Å². The van der Waals surface area contributed by atoms with E-state index in [-0.39, 0.29) is 12.1 Å². The first-order chi connectivity index (χ1) is 6.13. The minimum Gasteiger partial charge on any atom is -0.268 e. The Hall–Kier alpha value is -0.0700. The molecule has 70 valence electrons. The van der Waals surface area contributed by atoms with Crippen LogP contribution in [-0.4, -0.2) is 9.78 Å². The molecule has 0 radical (unpaired) electrons. The average Bonchev–Trinajstić information content (AvgIpc) is 2.09. The molecule has 1 heterocycles. The minimum atomic E-state index is -0.191. The fraction of sp³-hybridized carbons (Fsp3) is 0.143. The monoisotopic (exact) mass is 330 g/mol. The van der Waals surface area contributed by atoms with Gasteiger partial charge in [0.25, 0.3) is 5.56 Å². The van der Waals surface area contributed by atoms with Crippen LogP contribution in [0.1, 0.15) is 0 Å². The molecule has 0 saturated carbocycles. The van der Waals surface area contributed by atoms with Gasteiger partial charge in [0.15, 0.2) is 0 Å². The summed E-state index contributed by atoms with van der Waals surface area (Å²) in [6, 6.07) is 1.48. The highest BCUT2D eigenvalue weighted by atomic mass is 127. The van der Waals surface area contributed by atoms with Gasteiger partial charge in [-0.3, -0.25) is 4.79 Å². The molecule has 0 unspecified atom stereocenters. The third-order valence-corrected chi connectivity index (χ3v) is 2.45. The predicted molar refractivity (Wildman–Crippen MR) is 61.0 cm³/mol. The second-order valence-corrected chi connectivity index (χ2v) is 4.17. The fourth-order valence-corrected chi connectivity index (χ4v) is 1.28. The van der Waals surface area contributed by atoms with Crippen LogP contribution in [-0.2, 0) is 6.54 Å². The Bertz CT molecular complexity index is 388. The lowest BCUT2D eigenvalue weighted by atomic mass is 10.5. The molecule has 0 aromatic carbocycles. The predicted octanol–water partition coefficient (Wildman–Crippen LogP) is 2.17.